The van der Waals surface area contributed by atoms with E-state index in [1.54, 1.807) is 10.3 Å². The van der Waals surface area contributed by atoms with Crippen LogP contribution in [0.1, 0.15) is 16.2 Å². The average Bonchev–Trinajstić information content (AvgIpc) is 3.40. The number of amides is 1. The van der Waals surface area contributed by atoms with Gasteiger partial charge in [-0.3, -0.25) is 4.79 Å². The third kappa shape index (κ3) is 3.59. The van der Waals surface area contributed by atoms with E-state index in [9.17, 15) is 18.0 Å². The summed E-state index contributed by atoms with van der Waals surface area (Å²) in [7, 11) is 0. The summed E-state index contributed by atoms with van der Waals surface area (Å²) in [4.78, 5) is 18.8. The number of carbonyl (C=O) groups excluding carboxylic acids is 1. The lowest BCUT2D eigenvalue weighted by atomic mass is 10.2. The number of aromatic nitrogens is 4. The average molecular weight is 441 g/mol. The highest BCUT2D eigenvalue weighted by molar-refractivity contribution is 7.13. The number of halogens is 3. The molecule has 2 aromatic heterocycles. The Morgan fingerprint density at radius 2 is 1.74 bits per heavy atom. The molecule has 0 unspecified atom stereocenters. The number of carbonyl (C=O) groups is 1. The van der Waals surface area contributed by atoms with E-state index >= 15 is 0 Å². The quantitative estimate of drug-likeness (QED) is 0.479. The van der Waals surface area contributed by atoms with Crippen molar-refractivity contribution in [2.45, 2.75) is 13.1 Å². The highest BCUT2D eigenvalue weighted by atomic mass is 32.1. The summed E-state index contributed by atoms with van der Waals surface area (Å²) in [5.74, 6) is -0.821. The molecule has 0 fully saturated rings. The summed E-state index contributed by atoms with van der Waals surface area (Å²) in [6.45, 7) is 1.15. The first-order chi connectivity index (χ1) is 15.0. The van der Waals surface area contributed by atoms with Gasteiger partial charge in [0.05, 0.1) is 6.54 Å². The Hall–Kier alpha value is -3.53. The molecule has 0 aliphatic carbocycles. The van der Waals surface area contributed by atoms with E-state index in [0.29, 0.717) is 41.0 Å². The summed E-state index contributed by atoms with van der Waals surface area (Å²) in [6.07, 6.45) is 0. The minimum absolute atomic E-state index is 0.210. The molecule has 6 nitrogen and oxygen atoms in total. The predicted molar refractivity (Wildman–Crippen MR) is 108 cm³/mol. The minimum atomic E-state index is -0.681. The first kappa shape index (κ1) is 19.4. The summed E-state index contributed by atoms with van der Waals surface area (Å²) < 4.78 is 42.2. The molecule has 0 atom stereocenters. The highest BCUT2D eigenvalue weighted by Crippen LogP contribution is 2.31. The van der Waals surface area contributed by atoms with Gasteiger partial charge in [-0.15, -0.1) is 21.5 Å². The van der Waals surface area contributed by atoms with Crippen LogP contribution >= 0.6 is 11.3 Å². The number of fused-ring (bicyclic) bond motifs is 1. The molecule has 1 aliphatic heterocycles. The normalized spacial score (nSPS) is 13.3. The number of nitrogens with zero attached hydrogens (tertiary/aromatic N) is 5. The lowest BCUT2D eigenvalue weighted by molar-refractivity contribution is 0.0708. The zero-order valence-corrected chi connectivity index (χ0v) is 16.7. The molecule has 1 aliphatic rings. The molecule has 4 aromatic rings. The Morgan fingerprint density at radius 3 is 2.52 bits per heavy atom. The van der Waals surface area contributed by atoms with Crippen LogP contribution in [0.5, 0.6) is 0 Å². The van der Waals surface area contributed by atoms with Crippen LogP contribution in [-0.4, -0.2) is 37.1 Å². The molecule has 156 valence electrons. The standard InChI is InChI=1S/C21H14F3N5OS/c22-13-3-1-12(2-4-13)21(30)28-7-8-29-18(10-28)26-27-19(29)17-11-31-20(25-17)15-6-5-14(23)9-16(15)24/h1-6,9,11H,7-8,10H2. The van der Waals surface area contributed by atoms with Crippen LogP contribution in [0.3, 0.4) is 0 Å². The molecule has 0 saturated carbocycles. The Balaban J connectivity index is 1.38. The minimum Gasteiger partial charge on any atom is -0.329 e. The van der Waals surface area contributed by atoms with Crippen molar-refractivity contribution in [1.29, 1.82) is 0 Å². The zero-order valence-electron chi connectivity index (χ0n) is 15.9. The number of thiazole rings is 1. The zero-order chi connectivity index (χ0) is 21.5. The van der Waals surface area contributed by atoms with E-state index in [4.69, 9.17) is 0 Å². The van der Waals surface area contributed by atoms with Crippen molar-refractivity contribution < 1.29 is 18.0 Å². The van der Waals surface area contributed by atoms with Gasteiger partial charge in [0.2, 0.25) is 0 Å². The van der Waals surface area contributed by atoms with Crippen LogP contribution in [0.25, 0.3) is 22.1 Å². The van der Waals surface area contributed by atoms with Gasteiger partial charge in [-0.05, 0) is 36.4 Å². The number of benzene rings is 2. The second kappa shape index (κ2) is 7.62. The van der Waals surface area contributed by atoms with Crippen LogP contribution in [0, 0.1) is 17.5 Å². The number of rotatable bonds is 3. The fourth-order valence-corrected chi connectivity index (χ4v) is 4.28. The monoisotopic (exact) mass is 441 g/mol. The largest absolute Gasteiger partial charge is 0.329 e. The van der Waals surface area contributed by atoms with Gasteiger partial charge >= 0.3 is 0 Å². The Kier molecular flexibility index (Phi) is 4.78. The van der Waals surface area contributed by atoms with Crippen LogP contribution < -0.4 is 0 Å². The SMILES string of the molecule is O=C(c1ccc(F)cc1)N1CCn2c(nnc2-c2csc(-c3ccc(F)cc3F)n2)C1. The second-order valence-electron chi connectivity index (χ2n) is 6.99. The maximum Gasteiger partial charge on any atom is 0.254 e. The smallest absolute Gasteiger partial charge is 0.254 e. The van der Waals surface area contributed by atoms with Crippen molar-refractivity contribution >= 4 is 17.2 Å². The first-order valence-corrected chi connectivity index (χ1v) is 10.3. The predicted octanol–water partition coefficient (Wildman–Crippen LogP) is 4.14. The van der Waals surface area contributed by atoms with Crippen molar-refractivity contribution in [3.8, 4) is 22.1 Å². The van der Waals surface area contributed by atoms with Gasteiger partial charge in [0.25, 0.3) is 5.91 Å². The van der Waals surface area contributed by atoms with E-state index < -0.39 is 17.5 Å². The topological polar surface area (TPSA) is 63.9 Å². The van der Waals surface area contributed by atoms with Gasteiger partial charge in [0.1, 0.15) is 28.2 Å². The first-order valence-electron chi connectivity index (χ1n) is 9.38. The summed E-state index contributed by atoms with van der Waals surface area (Å²) in [5, 5.41) is 10.5. The maximum absolute atomic E-state index is 14.1. The van der Waals surface area contributed by atoms with Crippen molar-refractivity contribution in [3.63, 3.8) is 0 Å². The molecular weight excluding hydrogens is 427 g/mol. The van der Waals surface area contributed by atoms with Crippen LogP contribution in [0.15, 0.2) is 47.8 Å². The van der Waals surface area contributed by atoms with E-state index in [2.05, 4.69) is 15.2 Å². The van der Waals surface area contributed by atoms with Crippen LogP contribution in [0.4, 0.5) is 13.2 Å². The molecule has 0 saturated heterocycles. The summed E-state index contributed by atoms with van der Waals surface area (Å²) in [5.41, 5.74) is 1.15. The van der Waals surface area contributed by atoms with Crippen molar-refractivity contribution in [1.82, 2.24) is 24.6 Å². The van der Waals surface area contributed by atoms with Gasteiger partial charge < -0.3 is 9.47 Å². The highest BCUT2D eigenvalue weighted by Gasteiger charge is 2.26. The Morgan fingerprint density at radius 1 is 0.968 bits per heavy atom. The maximum atomic E-state index is 14.1. The molecule has 31 heavy (non-hydrogen) atoms. The molecule has 5 rings (SSSR count). The third-order valence-electron chi connectivity index (χ3n) is 5.03. The fraction of sp³-hybridized carbons (Fsp3) is 0.143. The van der Waals surface area contributed by atoms with E-state index in [0.717, 1.165) is 6.07 Å². The molecule has 0 N–H and O–H groups in total. The summed E-state index contributed by atoms with van der Waals surface area (Å²) in [6, 6.07) is 8.77. The van der Waals surface area contributed by atoms with Gasteiger partial charge in [0.15, 0.2) is 11.6 Å². The van der Waals surface area contributed by atoms with Crippen LogP contribution in [0.2, 0.25) is 0 Å². The molecule has 3 heterocycles. The summed E-state index contributed by atoms with van der Waals surface area (Å²) >= 11 is 1.23. The van der Waals surface area contributed by atoms with E-state index in [1.165, 1.54) is 47.7 Å². The van der Waals surface area contributed by atoms with E-state index in [-0.39, 0.29) is 18.0 Å². The van der Waals surface area contributed by atoms with Gasteiger partial charge in [0, 0.05) is 35.7 Å². The molecule has 0 radical (unpaired) electrons. The molecule has 0 spiro atoms. The molecule has 10 heteroatoms. The Labute approximate surface area is 178 Å². The molecule has 0 bridgehead atoms. The lowest BCUT2D eigenvalue weighted by Gasteiger charge is -2.27. The molecular formula is C21H14F3N5OS. The van der Waals surface area contributed by atoms with Gasteiger partial charge in [-0.1, -0.05) is 0 Å². The van der Waals surface area contributed by atoms with Crippen molar-refractivity contribution in [2.24, 2.45) is 0 Å². The fourth-order valence-electron chi connectivity index (χ4n) is 3.46. The molecule has 1 amide bonds. The number of hydrogen-bond donors (Lipinski definition) is 0. The Bertz CT molecular complexity index is 1280. The number of hydrogen-bond acceptors (Lipinski definition) is 5. The second-order valence-corrected chi connectivity index (χ2v) is 7.85. The molecule has 2 aromatic carbocycles. The van der Waals surface area contributed by atoms with Crippen LogP contribution in [-0.2, 0) is 13.1 Å². The van der Waals surface area contributed by atoms with Crippen molar-refractivity contribution in [2.75, 3.05) is 6.54 Å². The van der Waals surface area contributed by atoms with Crippen molar-refractivity contribution in [3.05, 3.63) is 76.7 Å². The lowest BCUT2D eigenvalue weighted by Crippen LogP contribution is -2.38. The van der Waals surface area contributed by atoms with E-state index in [1.807, 2.05) is 4.57 Å². The van der Waals surface area contributed by atoms with Gasteiger partial charge in [-0.2, -0.15) is 0 Å². The third-order valence-corrected chi connectivity index (χ3v) is 5.90. The van der Waals surface area contributed by atoms with Gasteiger partial charge in [-0.25, -0.2) is 18.2 Å².